The van der Waals surface area contributed by atoms with Crippen molar-refractivity contribution < 1.29 is 0 Å². The molecule has 1 N–H and O–H groups in total. The molecule has 1 aromatic rings. The molecule has 0 aliphatic carbocycles. The molecule has 0 fully saturated rings. The van der Waals surface area contributed by atoms with Gasteiger partial charge in [-0.15, -0.1) is 11.3 Å². The molecule has 0 aromatic carbocycles. The monoisotopic (exact) mass is 275 g/mol. The Balaban J connectivity index is 2.21. The van der Waals surface area contributed by atoms with Crippen molar-refractivity contribution in [1.82, 2.24) is 5.32 Å². The van der Waals surface area contributed by atoms with Gasteiger partial charge in [0.15, 0.2) is 0 Å². The van der Waals surface area contributed by atoms with Gasteiger partial charge < -0.3 is 5.32 Å². The number of halogens is 1. The highest BCUT2D eigenvalue weighted by molar-refractivity contribution is 9.11. The van der Waals surface area contributed by atoms with E-state index in [9.17, 15) is 0 Å². The van der Waals surface area contributed by atoms with Crippen molar-refractivity contribution >= 4 is 27.3 Å². The summed E-state index contributed by atoms with van der Waals surface area (Å²) in [6.07, 6.45) is 5.01. The van der Waals surface area contributed by atoms with Gasteiger partial charge in [0, 0.05) is 10.9 Å². The molecule has 0 radical (unpaired) electrons. The third kappa shape index (κ3) is 4.11. The van der Waals surface area contributed by atoms with Crippen LogP contribution in [-0.4, -0.2) is 13.1 Å². The van der Waals surface area contributed by atoms with Crippen LogP contribution in [0.3, 0.4) is 0 Å². The first-order valence-corrected chi connectivity index (χ1v) is 6.78. The van der Waals surface area contributed by atoms with Crippen LogP contribution in [-0.2, 0) is 6.42 Å². The number of hydrogen-bond acceptors (Lipinski definition) is 2. The van der Waals surface area contributed by atoms with Gasteiger partial charge in [-0.05, 0) is 60.8 Å². The van der Waals surface area contributed by atoms with E-state index in [1.807, 2.05) is 11.3 Å². The van der Waals surface area contributed by atoms with E-state index in [-0.39, 0.29) is 0 Å². The van der Waals surface area contributed by atoms with Crippen LogP contribution in [0.25, 0.3) is 0 Å². The smallest absolute Gasteiger partial charge is 0.0701 e. The van der Waals surface area contributed by atoms with Crippen LogP contribution in [0.15, 0.2) is 15.9 Å². The number of nitrogens with one attached hydrogen (secondary N) is 1. The maximum atomic E-state index is 3.49. The average Bonchev–Trinajstić information content (AvgIpc) is 2.59. The average molecular weight is 276 g/mol. The molecular formula is C11H18BrNS. The third-order valence-electron chi connectivity index (χ3n) is 2.51. The fourth-order valence-corrected chi connectivity index (χ4v) is 3.09. The lowest BCUT2D eigenvalue weighted by molar-refractivity contribution is 0.492. The molecule has 0 spiro atoms. The van der Waals surface area contributed by atoms with Crippen molar-refractivity contribution in [3.05, 3.63) is 20.8 Å². The molecule has 1 aromatic heterocycles. The molecule has 0 saturated heterocycles. The van der Waals surface area contributed by atoms with Crippen molar-refractivity contribution in [2.75, 3.05) is 7.05 Å². The minimum absolute atomic E-state index is 0.693. The van der Waals surface area contributed by atoms with E-state index < -0.39 is 0 Å². The molecule has 1 rings (SSSR count). The normalized spacial score (nSPS) is 13.1. The highest BCUT2D eigenvalue weighted by Gasteiger charge is 2.03. The molecule has 0 bridgehead atoms. The summed E-state index contributed by atoms with van der Waals surface area (Å²) < 4.78 is 1.24. The van der Waals surface area contributed by atoms with E-state index in [0.29, 0.717) is 6.04 Å². The highest BCUT2D eigenvalue weighted by atomic mass is 79.9. The van der Waals surface area contributed by atoms with Crippen LogP contribution < -0.4 is 5.32 Å². The Morgan fingerprint density at radius 2 is 2.29 bits per heavy atom. The van der Waals surface area contributed by atoms with Crippen LogP contribution in [0.4, 0.5) is 0 Å². The molecule has 0 aliphatic heterocycles. The first-order valence-electron chi connectivity index (χ1n) is 5.17. The van der Waals surface area contributed by atoms with Gasteiger partial charge >= 0.3 is 0 Å². The molecule has 0 aliphatic rings. The number of thiophene rings is 1. The van der Waals surface area contributed by atoms with Crippen molar-refractivity contribution in [2.45, 2.75) is 38.6 Å². The van der Waals surface area contributed by atoms with Crippen LogP contribution in [0.5, 0.6) is 0 Å². The minimum Gasteiger partial charge on any atom is -0.317 e. The zero-order chi connectivity index (χ0) is 10.4. The molecule has 0 saturated carbocycles. The van der Waals surface area contributed by atoms with Gasteiger partial charge in [0.05, 0.1) is 3.79 Å². The summed E-state index contributed by atoms with van der Waals surface area (Å²) in [5, 5.41) is 3.34. The van der Waals surface area contributed by atoms with Crippen molar-refractivity contribution in [2.24, 2.45) is 0 Å². The van der Waals surface area contributed by atoms with Crippen molar-refractivity contribution in [1.29, 1.82) is 0 Å². The lowest BCUT2D eigenvalue weighted by Gasteiger charge is -2.12. The molecular weight excluding hydrogens is 258 g/mol. The van der Waals surface area contributed by atoms with E-state index in [2.05, 4.69) is 47.4 Å². The predicted octanol–water partition coefficient (Wildman–Crippen LogP) is 3.83. The Bertz CT molecular complexity index is 256. The summed E-state index contributed by atoms with van der Waals surface area (Å²) in [6, 6.07) is 5.04. The summed E-state index contributed by atoms with van der Waals surface area (Å²) in [7, 11) is 2.05. The first kappa shape index (κ1) is 12.2. The van der Waals surface area contributed by atoms with Gasteiger partial charge in [0.2, 0.25) is 0 Å². The second kappa shape index (κ2) is 6.59. The maximum absolute atomic E-state index is 3.49. The molecule has 1 atom stereocenters. The first-order chi connectivity index (χ1) is 6.76. The number of aryl methyl sites for hydroxylation is 1. The van der Waals surface area contributed by atoms with Crippen molar-refractivity contribution in [3.8, 4) is 0 Å². The van der Waals surface area contributed by atoms with Gasteiger partial charge in [-0.2, -0.15) is 0 Å². The second-order valence-corrected chi connectivity index (χ2v) is 6.04. The van der Waals surface area contributed by atoms with Crippen LogP contribution >= 0.6 is 27.3 Å². The van der Waals surface area contributed by atoms with Gasteiger partial charge in [-0.25, -0.2) is 0 Å². The highest BCUT2D eigenvalue weighted by Crippen LogP contribution is 2.23. The Morgan fingerprint density at radius 3 is 2.79 bits per heavy atom. The quantitative estimate of drug-likeness (QED) is 0.832. The van der Waals surface area contributed by atoms with Crippen LogP contribution in [0.1, 0.15) is 31.1 Å². The Labute approximate surface area is 99.0 Å². The number of rotatable bonds is 6. The van der Waals surface area contributed by atoms with Gasteiger partial charge in [0.1, 0.15) is 0 Å². The summed E-state index contributed by atoms with van der Waals surface area (Å²) in [5.41, 5.74) is 0. The maximum Gasteiger partial charge on any atom is 0.0701 e. The van der Waals surface area contributed by atoms with Crippen LogP contribution in [0, 0.1) is 0 Å². The number of hydrogen-bond donors (Lipinski definition) is 1. The molecule has 1 nitrogen and oxygen atoms in total. The third-order valence-corrected chi connectivity index (χ3v) is 4.19. The second-order valence-electron chi connectivity index (χ2n) is 3.49. The van der Waals surface area contributed by atoms with Gasteiger partial charge in [0.25, 0.3) is 0 Å². The fraction of sp³-hybridized carbons (Fsp3) is 0.636. The summed E-state index contributed by atoms with van der Waals surface area (Å²) in [4.78, 5) is 1.49. The lowest BCUT2D eigenvalue weighted by Crippen LogP contribution is -2.23. The molecule has 1 heterocycles. The Morgan fingerprint density at radius 1 is 1.50 bits per heavy atom. The molecule has 1 unspecified atom stereocenters. The lowest BCUT2D eigenvalue weighted by atomic mass is 10.1. The fourth-order valence-electron chi connectivity index (χ4n) is 1.56. The topological polar surface area (TPSA) is 12.0 Å². The minimum atomic E-state index is 0.693. The molecule has 0 amide bonds. The predicted molar refractivity (Wildman–Crippen MR) is 68.1 cm³/mol. The van der Waals surface area contributed by atoms with Crippen molar-refractivity contribution in [3.63, 3.8) is 0 Å². The standard InChI is InChI=1S/C11H18BrNS/c1-3-9(13-2)5-4-6-10-7-8-11(12)14-10/h7-9,13H,3-6H2,1-2H3. The molecule has 14 heavy (non-hydrogen) atoms. The zero-order valence-corrected chi connectivity index (χ0v) is 11.2. The van der Waals surface area contributed by atoms with E-state index in [1.165, 1.54) is 34.3 Å². The van der Waals surface area contributed by atoms with E-state index in [1.54, 1.807) is 0 Å². The summed E-state index contributed by atoms with van der Waals surface area (Å²) in [6.45, 7) is 2.24. The van der Waals surface area contributed by atoms with E-state index in [0.717, 1.165) is 0 Å². The van der Waals surface area contributed by atoms with E-state index in [4.69, 9.17) is 0 Å². The summed E-state index contributed by atoms with van der Waals surface area (Å²) in [5.74, 6) is 0. The summed E-state index contributed by atoms with van der Waals surface area (Å²) >= 11 is 5.34. The Hall–Kier alpha value is 0.140. The molecule has 80 valence electrons. The van der Waals surface area contributed by atoms with Gasteiger partial charge in [-0.3, -0.25) is 0 Å². The SMILES string of the molecule is CCC(CCCc1ccc(Br)s1)NC. The molecule has 3 heteroatoms. The largest absolute Gasteiger partial charge is 0.317 e. The van der Waals surface area contributed by atoms with Gasteiger partial charge in [-0.1, -0.05) is 6.92 Å². The zero-order valence-electron chi connectivity index (χ0n) is 8.85. The van der Waals surface area contributed by atoms with E-state index >= 15 is 0 Å². The Kier molecular flexibility index (Phi) is 5.75. The van der Waals surface area contributed by atoms with Crippen LogP contribution in [0.2, 0.25) is 0 Å².